The highest BCUT2D eigenvalue weighted by atomic mass is 15.2. The van der Waals surface area contributed by atoms with Crippen LogP contribution in [0, 0.1) is 0 Å². The number of benzene rings is 2. The Balaban J connectivity index is 2.13. The van der Waals surface area contributed by atoms with E-state index in [-0.39, 0.29) is 0 Å². The van der Waals surface area contributed by atoms with E-state index < -0.39 is 0 Å². The fraction of sp³-hybridized carbons (Fsp3) is 0.526. The minimum atomic E-state index is 0.949. The van der Waals surface area contributed by atoms with Gasteiger partial charge in [0.25, 0.3) is 0 Å². The van der Waals surface area contributed by atoms with Gasteiger partial charge in [-0.1, -0.05) is 104 Å². The molecule has 3 rings (SSSR count). The second-order valence-electron chi connectivity index (χ2n) is 11.5. The van der Waals surface area contributed by atoms with Crippen LogP contribution in [0.5, 0.6) is 0 Å². The van der Waals surface area contributed by atoms with Gasteiger partial charge < -0.3 is 5.53 Å². The molecule has 1 aliphatic heterocycles. The van der Waals surface area contributed by atoms with Crippen LogP contribution in [-0.2, 0) is 25.7 Å². The van der Waals surface area contributed by atoms with Gasteiger partial charge in [0.15, 0.2) is 0 Å². The van der Waals surface area contributed by atoms with Gasteiger partial charge in [-0.05, 0) is 97.9 Å². The third kappa shape index (κ3) is 8.15. The van der Waals surface area contributed by atoms with Crippen molar-refractivity contribution in [1.82, 2.24) is 0 Å². The molecule has 0 N–H and O–H groups in total. The number of nitrogens with zero attached hydrogens (tertiary/aromatic N) is 2. The lowest BCUT2D eigenvalue weighted by molar-refractivity contribution is -0.345. The summed E-state index contributed by atoms with van der Waals surface area (Å²) in [6, 6.07) is 13.8. The fourth-order valence-corrected chi connectivity index (χ4v) is 5.84. The summed E-state index contributed by atoms with van der Waals surface area (Å²) in [5, 5.41) is 0. The van der Waals surface area contributed by atoms with E-state index in [1.165, 1.54) is 76.6 Å². The second kappa shape index (κ2) is 16.5. The molecular weight excluding hydrogens is 484 g/mol. The van der Waals surface area contributed by atoms with E-state index in [4.69, 9.17) is 0 Å². The molecule has 0 fully saturated rings. The van der Waals surface area contributed by atoms with E-state index in [1.807, 2.05) is 0 Å². The Labute approximate surface area is 245 Å². The van der Waals surface area contributed by atoms with Gasteiger partial charge >= 0.3 is 0 Å². The quantitative estimate of drug-likeness (QED) is 0.141. The standard InChI is InChI=1S/C38H54N2/c1-7-13-15-16-17-18-19-20-22-36-35(21-14-8-2)37(33-25-29(9-3)23-30(10-4)26-33)40(39)38(36)34-27-31(11-5)24-32(12-6)28-34/h20,22-28H,7-19,21H2,1-6H3. The van der Waals surface area contributed by atoms with Crippen LogP contribution >= 0.6 is 0 Å². The van der Waals surface area contributed by atoms with Gasteiger partial charge in [0.2, 0.25) is 11.4 Å². The zero-order valence-corrected chi connectivity index (χ0v) is 26.4. The van der Waals surface area contributed by atoms with Gasteiger partial charge in [-0.3, -0.25) is 0 Å². The molecular formula is C38H54N2. The summed E-state index contributed by atoms with van der Waals surface area (Å²) < 4.78 is 1.54. The van der Waals surface area contributed by atoms with Crippen LogP contribution in [0.2, 0.25) is 0 Å². The Morgan fingerprint density at radius 1 is 0.575 bits per heavy atom. The van der Waals surface area contributed by atoms with Crippen LogP contribution in [0.15, 0.2) is 59.7 Å². The first-order valence-corrected chi connectivity index (χ1v) is 16.4. The van der Waals surface area contributed by atoms with Gasteiger partial charge in [-0.15, -0.1) is 0 Å². The largest absolute Gasteiger partial charge is 0.493 e. The maximum absolute atomic E-state index is 12.1. The minimum absolute atomic E-state index is 0.949. The molecule has 216 valence electrons. The first kappa shape index (κ1) is 31.8. The molecule has 0 bridgehead atoms. The van der Waals surface area contributed by atoms with Crippen molar-refractivity contribution in [2.45, 2.75) is 131 Å². The molecule has 2 aromatic carbocycles. The van der Waals surface area contributed by atoms with E-state index in [2.05, 4.69) is 90.1 Å². The summed E-state index contributed by atoms with van der Waals surface area (Å²) in [6.45, 7) is 13.4. The Morgan fingerprint density at radius 2 is 1.05 bits per heavy atom. The topological polar surface area (TPSA) is 25.3 Å². The molecule has 1 aliphatic rings. The first-order valence-electron chi connectivity index (χ1n) is 16.4. The number of allylic oxidation sites excluding steroid dienone is 4. The maximum atomic E-state index is 12.1. The highest BCUT2D eigenvalue weighted by molar-refractivity contribution is 5.84. The van der Waals surface area contributed by atoms with Crippen molar-refractivity contribution < 1.29 is 4.70 Å². The third-order valence-electron chi connectivity index (χ3n) is 8.36. The first-order chi connectivity index (χ1) is 19.5. The molecule has 2 aromatic rings. The second-order valence-corrected chi connectivity index (χ2v) is 11.5. The number of rotatable bonds is 17. The van der Waals surface area contributed by atoms with Gasteiger partial charge in [0, 0.05) is 16.7 Å². The summed E-state index contributed by atoms with van der Waals surface area (Å²) in [5.41, 5.74) is 24.1. The van der Waals surface area contributed by atoms with Crippen LogP contribution < -0.4 is 0 Å². The number of aryl methyl sites for hydroxylation is 4. The zero-order valence-electron chi connectivity index (χ0n) is 26.4. The number of hydrogen-bond donors (Lipinski definition) is 0. The molecule has 40 heavy (non-hydrogen) atoms. The molecule has 0 amide bonds. The van der Waals surface area contributed by atoms with E-state index >= 15 is 0 Å². The lowest BCUT2D eigenvalue weighted by Gasteiger charge is -2.13. The predicted molar refractivity (Wildman–Crippen MR) is 175 cm³/mol. The Bertz CT molecular complexity index is 1180. The lowest BCUT2D eigenvalue weighted by Crippen LogP contribution is -2.04. The van der Waals surface area contributed by atoms with Crippen LogP contribution in [0.3, 0.4) is 0 Å². The summed E-state index contributed by atoms with van der Waals surface area (Å²) in [5.74, 6) is 0. The van der Waals surface area contributed by atoms with Crippen molar-refractivity contribution in [2.75, 3.05) is 0 Å². The lowest BCUT2D eigenvalue weighted by atomic mass is 9.92. The van der Waals surface area contributed by atoms with Crippen molar-refractivity contribution in [3.63, 3.8) is 0 Å². The molecule has 0 atom stereocenters. The van der Waals surface area contributed by atoms with Gasteiger partial charge in [0.05, 0.1) is 5.57 Å². The number of hydrogen-bond acceptors (Lipinski definition) is 0. The Morgan fingerprint density at radius 3 is 1.55 bits per heavy atom. The molecule has 2 nitrogen and oxygen atoms in total. The van der Waals surface area contributed by atoms with Gasteiger partial charge in [-0.25, -0.2) is 4.70 Å². The van der Waals surface area contributed by atoms with Crippen molar-refractivity contribution in [3.05, 3.63) is 98.6 Å². The highest BCUT2D eigenvalue weighted by Gasteiger charge is 2.35. The van der Waals surface area contributed by atoms with E-state index in [9.17, 15) is 5.53 Å². The summed E-state index contributed by atoms with van der Waals surface area (Å²) in [6.07, 6.45) is 20.8. The predicted octanol–water partition coefficient (Wildman–Crippen LogP) is 11.6. The van der Waals surface area contributed by atoms with Crippen LogP contribution in [-0.4, -0.2) is 4.70 Å². The van der Waals surface area contributed by atoms with Crippen molar-refractivity contribution >= 4 is 11.4 Å². The highest BCUT2D eigenvalue weighted by Crippen LogP contribution is 2.44. The number of unbranched alkanes of at least 4 members (excludes halogenated alkanes) is 7. The van der Waals surface area contributed by atoms with Crippen molar-refractivity contribution in [1.29, 1.82) is 0 Å². The average Bonchev–Trinajstić information content (AvgIpc) is 3.26. The molecule has 0 saturated heterocycles. The molecule has 0 unspecified atom stereocenters. The van der Waals surface area contributed by atoms with E-state index in [1.54, 1.807) is 0 Å². The van der Waals surface area contributed by atoms with Gasteiger partial charge in [-0.2, -0.15) is 0 Å². The molecule has 0 saturated carbocycles. The summed E-state index contributed by atoms with van der Waals surface area (Å²) in [7, 11) is 0. The average molecular weight is 539 g/mol. The third-order valence-corrected chi connectivity index (χ3v) is 8.36. The SMILES string of the molecule is CCCCCCCCC=CC1=C(c2cc(CC)cc(CC)c2)[N+](=[N-])C(c2cc(CC)cc(CC)c2)=C1CCCC. The van der Waals surface area contributed by atoms with E-state index in [0.717, 1.165) is 73.9 Å². The van der Waals surface area contributed by atoms with Crippen molar-refractivity contribution in [3.8, 4) is 0 Å². The molecule has 0 spiro atoms. The summed E-state index contributed by atoms with van der Waals surface area (Å²) >= 11 is 0. The zero-order chi connectivity index (χ0) is 28.9. The van der Waals surface area contributed by atoms with Crippen LogP contribution in [0.1, 0.15) is 139 Å². The Hall–Kier alpha value is -2.74. The molecule has 1 heterocycles. The molecule has 2 heteroatoms. The molecule has 0 radical (unpaired) electrons. The van der Waals surface area contributed by atoms with Crippen molar-refractivity contribution in [2.24, 2.45) is 0 Å². The normalized spacial score (nSPS) is 13.9. The van der Waals surface area contributed by atoms with E-state index in [0.29, 0.717) is 0 Å². The minimum Gasteiger partial charge on any atom is -0.493 e. The van der Waals surface area contributed by atoms with Crippen LogP contribution in [0.4, 0.5) is 0 Å². The molecule has 0 aromatic heterocycles. The molecule has 0 aliphatic carbocycles. The summed E-state index contributed by atoms with van der Waals surface area (Å²) in [4.78, 5) is 0. The maximum Gasteiger partial charge on any atom is 0.215 e. The fourth-order valence-electron chi connectivity index (χ4n) is 5.84. The Kier molecular flexibility index (Phi) is 13.1. The monoisotopic (exact) mass is 538 g/mol. The van der Waals surface area contributed by atoms with Gasteiger partial charge in [0.1, 0.15) is 0 Å². The van der Waals surface area contributed by atoms with Crippen LogP contribution in [0.25, 0.3) is 16.9 Å². The smallest absolute Gasteiger partial charge is 0.215 e.